The van der Waals surface area contributed by atoms with Gasteiger partial charge in [0.05, 0.1) is 0 Å². The molecule has 0 aliphatic carbocycles. The van der Waals surface area contributed by atoms with Gasteiger partial charge in [0.2, 0.25) is 0 Å². The molecule has 0 aromatic carbocycles. The van der Waals surface area contributed by atoms with Gasteiger partial charge < -0.3 is 4.90 Å². The largest absolute Gasteiger partial charge is 0.301 e. The van der Waals surface area contributed by atoms with Crippen LogP contribution in [0.15, 0.2) is 0 Å². The third kappa shape index (κ3) is 2.17. The Morgan fingerprint density at radius 1 is 1.31 bits per heavy atom. The summed E-state index contributed by atoms with van der Waals surface area (Å²) in [5, 5.41) is 0.409. The van der Waals surface area contributed by atoms with Crippen LogP contribution in [0.2, 0.25) is 0 Å². The van der Waals surface area contributed by atoms with Crippen molar-refractivity contribution >= 4 is 11.6 Å². The minimum Gasteiger partial charge on any atom is -0.301 e. The Hall–Kier alpha value is 0.210. The summed E-state index contributed by atoms with van der Waals surface area (Å²) in [6.45, 7) is 8.35. The highest BCUT2D eigenvalue weighted by Gasteiger charge is 2.34. The highest BCUT2D eigenvalue weighted by Crippen LogP contribution is 2.25. The van der Waals surface area contributed by atoms with Crippen molar-refractivity contribution < 1.29 is 0 Å². The molecule has 2 unspecified atom stereocenters. The van der Waals surface area contributed by atoms with Gasteiger partial charge >= 0.3 is 0 Å². The van der Waals surface area contributed by atoms with Gasteiger partial charge in [-0.2, -0.15) is 0 Å². The van der Waals surface area contributed by atoms with Crippen molar-refractivity contribution in [1.82, 2.24) is 9.80 Å². The molecule has 2 rings (SSSR count). The average molecular weight is 203 g/mol. The average Bonchev–Trinajstić information content (AvgIpc) is 2.44. The summed E-state index contributed by atoms with van der Waals surface area (Å²) in [6, 6.07) is 0.753. The van der Waals surface area contributed by atoms with Crippen LogP contribution in [0, 0.1) is 0 Å². The zero-order valence-electron chi connectivity index (χ0n) is 8.38. The van der Waals surface area contributed by atoms with E-state index in [2.05, 4.69) is 16.7 Å². The number of rotatable bonds is 2. The number of piperazine rings is 1. The van der Waals surface area contributed by atoms with Gasteiger partial charge in [-0.25, -0.2) is 0 Å². The van der Waals surface area contributed by atoms with Gasteiger partial charge in [-0.1, -0.05) is 6.92 Å². The van der Waals surface area contributed by atoms with Gasteiger partial charge in [0.15, 0.2) is 0 Å². The van der Waals surface area contributed by atoms with E-state index in [1.165, 1.54) is 39.0 Å². The molecule has 2 fully saturated rings. The Morgan fingerprint density at radius 2 is 2.15 bits per heavy atom. The monoisotopic (exact) mass is 202 g/mol. The molecule has 2 heterocycles. The Kier molecular flexibility index (Phi) is 3.12. The van der Waals surface area contributed by atoms with Crippen LogP contribution in [0.5, 0.6) is 0 Å². The number of nitrogens with zero attached hydrogens (tertiary/aromatic N) is 2. The Morgan fingerprint density at radius 3 is 2.92 bits per heavy atom. The second-order valence-corrected chi connectivity index (χ2v) is 4.90. The zero-order valence-corrected chi connectivity index (χ0v) is 9.13. The second kappa shape index (κ2) is 4.16. The number of halogens is 1. The number of hydrogen-bond acceptors (Lipinski definition) is 2. The first-order valence-corrected chi connectivity index (χ1v) is 5.83. The lowest BCUT2D eigenvalue weighted by atomic mass is 10.1. The Bertz CT molecular complexity index is 174. The molecule has 2 aliphatic rings. The van der Waals surface area contributed by atoms with E-state index in [0.717, 1.165) is 12.6 Å². The molecule has 76 valence electrons. The summed E-state index contributed by atoms with van der Waals surface area (Å²) in [6.07, 6.45) is 2.47. The lowest BCUT2D eigenvalue weighted by Gasteiger charge is -2.37. The highest BCUT2D eigenvalue weighted by molar-refractivity contribution is 6.21. The SMILES string of the molecule is CCCN1CCN2CC(Cl)CC2C1. The molecule has 0 aromatic heterocycles. The maximum Gasteiger partial charge on any atom is 0.0478 e. The fourth-order valence-electron chi connectivity index (χ4n) is 2.56. The summed E-state index contributed by atoms with van der Waals surface area (Å²) < 4.78 is 0. The van der Waals surface area contributed by atoms with Crippen LogP contribution in [-0.4, -0.2) is 53.9 Å². The van der Waals surface area contributed by atoms with Gasteiger partial charge in [-0.15, -0.1) is 11.6 Å². The molecule has 0 radical (unpaired) electrons. The van der Waals surface area contributed by atoms with Gasteiger partial charge in [-0.3, -0.25) is 4.90 Å². The van der Waals surface area contributed by atoms with Crippen LogP contribution in [0.3, 0.4) is 0 Å². The molecule has 13 heavy (non-hydrogen) atoms. The molecule has 2 nitrogen and oxygen atoms in total. The molecular formula is C10H19ClN2. The highest BCUT2D eigenvalue weighted by atomic mass is 35.5. The minimum atomic E-state index is 0.409. The van der Waals surface area contributed by atoms with Crippen LogP contribution < -0.4 is 0 Å². The molecule has 0 aromatic rings. The minimum absolute atomic E-state index is 0.409. The van der Waals surface area contributed by atoms with Crippen LogP contribution in [-0.2, 0) is 0 Å². The summed E-state index contributed by atoms with van der Waals surface area (Å²) in [5.41, 5.74) is 0. The lowest BCUT2D eigenvalue weighted by molar-refractivity contribution is 0.105. The molecule has 0 bridgehead atoms. The molecule has 2 aliphatic heterocycles. The van der Waals surface area contributed by atoms with E-state index in [-0.39, 0.29) is 0 Å². The summed E-state index contributed by atoms with van der Waals surface area (Å²) >= 11 is 6.15. The van der Waals surface area contributed by atoms with E-state index in [4.69, 9.17) is 11.6 Å². The predicted molar refractivity (Wildman–Crippen MR) is 56.4 cm³/mol. The maximum absolute atomic E-state index is 6.15. The first-order valence-electron chi connectivity index (χ1n) is 5.40. The lowest BCUT2D eigenvalue weighted by Crippen LogP contribution is -2.50. The van der Waals surface area contributed by atoms with Crippen LogP contribution in [0.1, 0.15) is 19.8 Å². The fourth-order valence-corrected chi connectivity index (χ4v) is 2.95. The van der Waals surface area contributed by atoms with E-state index < -0.39 is 0 Å². The topological polar surface area (TPSA) is 6.48 Å². The first-order chi connectivity index (χ1) is 6.29. The number of fused-ring (bicyclic) bond motifs is 1. The maximum atomic E-state index is 6.15. The normalized spacial score (nSPS) is 36.5. The van der Waals surface area contributed by atoms with Gasteiger partial charge in [0.25, 0.3) is 0 Å². The predicted octanol–water partition coefficient (Wildman–Crippen LogP) is 1.39. The van der Waals surface area contributed by atoms with Crippen molar-refractivity contribution in [2.75, 3.05) is 32.7 Å². The molecular weight excluding hydrogens is 184 g/mol. The summed E-state index contributed by atoms with van der Waals surface area (Å²) in [5.74, 6) is 0. The third-order valence-electron chi connectivity index (χ3n) is 3.19. The summed E-state index contributed by atoms with van der Waals surface area (Å²) in [7, 11) is 0. The van der Waals surface area contributed by atoms with Gasteiger partial charge in [0.1, 0.15) is 0 Å². The smallest absolute Gasteiger partial charge is 0.0478 e. The summed E-state index contributed by atoms with van der Waals surface area (Å²) in [4.78, 5) is 5.14. The first kappa shape index (κ1) is 9.75. The second-order valence-electron chi connectivity index (χ2n) is 4.28. The van der Waals surface area contributed by atoms with Crippen molar-refractivity contribution in [2.24, 2.45) is 0 Å². The molecule has 0 spiro atoms. The Labute approximate surface area is 85.8 Å². The van der Waals surface area contributed by atoms with Gasteiger partial charge in [-0.05, 0) is 19.4 Å². The molecule has 3 heteroatoms. The van der Waals surface area contributed by atoms with Crippen molar-refractivity contribution in [3.05, 3.63) is 0 Å². The van der Waals surface area contributed by atoms with E-state index >= 15 is 0 Å². The molecule has 2 atom stereocenters. The van der Waals surface area contributed by atoms with E-state index in [1.54, 1.807) is 0 Å². The Balaban J connectivity index is 1.86. The molecule has 0 N–H and O–H groups in total. The number of hydrogen-bond donors (Lipinski definition) is 0. The van der Waals surface area contributed by atoms with E-state index in [0.29, 0.717) is 5.38 Å². The molecule has 0 saturated carbocycles. The van der Waals surface area contributed by atoms with E-state index in [1.807, 2.05) is 0 Å². The molecule has 0 amide bonds. The standard InChI is InChI=1S/C10H19ClN2/c1-2-3-12-4-5-13-7-9(11)6-10(13)8-12/h9-10H,2-8H2,1H3. The van der Waals surface area contributed by atoms with Crippen LogP contribution in [0.25, 0.3) is 0 Å². The van der Waals surface area contributed by atoms with Crippen molar-refractivity contribution in [3.63, 3.8) is 0 Å². The van der Waals surface area contributed by atoms with Crippen LogP contribution in [0.4, 0.5) is 0 Å². The van der Waals surface area contributed by atoms with Crippen molar-refractivity contribution in [2.45, 2.75) is 31.2 Å². The van der Waals surface area contributed by atoms with Crippen molar-refractivity contribution in [3.8, 4) is 0 Å². The number of alkyl halides is 1. The van der Waals surface area contributed by atoms with E-state index in [9.17, 15) is 0 Å². The third-order valence-corrected chi connectivity index (χ3v) is 3.51. The zero-order chi connectivity index (χ0) is 9.26. The quantitative estimate of drug-likeness (QED) is 0.625. The molecule has 2 saturated heterocycles. The van der Waals surface area contributed by atoms with Crippen molar-refractivity contribution in [1.29, 1.82) is 0 Å². The van der Waals surface area contributed by atoms with Crippen LogP contribution >= 0.6 is 11.6 Å². The van der Waals surface area contributed by atoms with Gasteiger partial charge in [0, 0.05) is 37.6 Å². The fraction of sp³-hybridized carbons (Fsp3) is 1.00.